The second-order valence-electron chi connectivity index (χ2n) is 8.14. The second kappa shape index (κ2) is 11.5. The van der Waals surface area contributed by atoms with Crippen LogP contribution in [0.1, 0.15) is 26.3 Å². The summed E-state index contributed by atoms with van der Waals surface area (Å²) in [4.78, 5) is 8.67. The van der Waals surface area contributed by atoms with Crippen molar-refractivity contribution in [2.75, 3.05) is 52.6 Å². The number of piperazine rings is 1. The summed E-state index contributed by atoms with van der Waals surface area (Å²) < 4.78 is 42.6. The monoisotopic (exact) mass is 556 g/mol. The van der Waals surface area contributed by atoms with Gasteiger partial charge in [-0.05, 0) is 38.5 Å². The molecule has 0 unspecified atom stereocenters. The van der Waals surface area contributed by atoms with Crippen LogP contribution in [0, 0.1) is 5.82 Å². The van der Waals surface area contributed by atoms with Crippen LogP contribution in [0.5, 0.6) is 5.75 Å². The van der Waals surface area contributed by atoms with E-state index in [9.17, 15) is 12.8 Å². The lowest BCUT2D eigenvalue weighted by molar-refractivity contribution is 0.172. The molecule has 1 aromatic rings. The molecule has 0 aromatic heterocycles. The average Bonchev–Trinajstić information content (AvgIpc) is 2.65. The molecule has 10 heteroatoms. The van der Waals surface area contributed by atoms with Crippen LogP contribution in [-0.2, 0) is 16.4 Å². The third-order valence-corrected chi connectivity index (χ3v) is 7.70. The Kier molecular flexibility index (Phi) is 10.3. The normalized spacial score (nSPS) is 16.2. The van der Waals surface area contributed by atoms with E-state index in [2.05, 4.69) is 20.1 Å². The van der Waals surface area contributed by atoms with Crippen LogP contribution in [0.15, 0.2) is 23.2 Å². The van der Waals surface area contributed by atoms with Gasteiger partial charge in [-0.1, -0.05) is 6.07 Å². The topological polar surface area (TPSA) is 74.2 Å². The zero-order chi connectivity index (χ0) is 21.7. The van der Waals surface area contributed by atoms with E-state index in [4.69, 9.17) is 4.74 Å². The molecule has 0 atom stereocenters. The highest BCUT2D eigenvalue weighted by atomic mass is 127. The molecule has 1 heterocycles. The van der Waals surface area contributed by atoms with Gasteiger partial charge in [0.05, 0.1) is 17.6 Å². The summed E-state index contributed by atoms with van der Waals surface area (Å²) in [6, 6.07) is 5.05. The van der Waals surface area contributed by atoms with Crippen molar-refractivity contribution in [2.45, 2.75) is 32.1 Å². The van der Waals surface area contributed by atoms with Gasteiger partial charge in [-0.25, -0.2) is 12.8 Å². The maximum atomic E-state index is 13.9. The molecule has 1 aliphatic rings. The molecule has 0 radical (unpaired) electrons. The molecule has 172 valence electrons. The minimum atomic E-state index is -3.17. The first-order valence-electron chi connectivity index (χ1n) is 9.80. The van der Waals surface area contributed by atoms with Crippen molar-refractivity contribution in [2.24, 2.45) is 4.99 Å². The van der Waals surface area contributed by atoms with E-state index in [-0.39, 0.29) is 41.3 Å². The fraction of sp³-hybridized carbons (Fsp3) is 0.650. The Bertz CT molecular complexity index is 820. The first kappa shape index (κ1) is 26.9. The van der Waals surface area contributed by atoms with Crippen LogP contribution in [0.25, 0.3) is 0 Å². The highest BCUT2D eigenvalue weighted by Crippen LogP contribution is 2.19. The third kappa shape index (κ3) is 7.23. The molecule has 7 nitrogen and oxygen atoms in total. The lowest BCUT2D eigenvalue weighted by Crippen LogP contribution is -2.52. The highest BCUT2D eigenvalue weighted by molar-refractivity contribution is 14.0. The van der Waals surface area contributed by atoms with Gasteiger partial charge in [0.2, 0.25) is 0 Å². The summed E-state index contributed by atoms with van der Waals surface area (Å²) in [5, 5.41) is 3.17. The zero-order valence-electron chi connectivity index (χ0n) is 18.4. The number of benzene rings is 1. The number of rotatable bonds is 6. The molecular formula is C20H34FIN4O3S. The lowest BCUT2D eigenvalue weighted by atomic mass is 10.2. The number of halogens is 2. The molecule has 1 aromatic carbocycles. The standard InChI is InChI=1S/C20H33FN4O3S.HI/c1-20(2,3)29(26,27)13-8-23-19(22-4)25-11-9-24(10-12-25)15-16-6-7-18(28-5)17(21)14-16;/h6-7,14H,8-13,15H2,1-5H3,(H,22,23);1H. The molecule has 0 bridgehead atoms. The Hall–Kier alpha value is -1.14. The Labute approximate surface area is 197 Å². The number of ether oxygens (including phenoxy) is 1. The summed E-state index contributed by atoms with van der Waals surface area (Å²) >= 11 is 0. The van der Waals surface area contributed by atoms with Crippen molar-refractivity contribution in [1.82, 2.24) is 15.1 Å². The molecule has 1 aliphatic heterocycles. The van der Waals surface area contributed by atoms with Crippen LogP contribution in [0.4, 0.5) is 4.39 Å². The number of nitrogens with one attached hydrogen (secondary N) is 1. The van der Waals surface area contributed by atoms with Crippen LogP contribution in [0.2, 0.25) is 0 Å². The van der Waals surface area contributed by atoms with E-state index in [0.29, 0.717) is 19.0 Å². The summed E-state index contributed by atoms with van der Waals surface area (Å²) in [5.41, 5.74) is 0.909. The average molecular weight is 556 g/mol. The van der Waals surface area contributed by atoms with Crippen molar-refractivity contribution >= 4 is 39.8 Å². The van der Waals surface area contributed by atoms with Crippen LogP contribution in [0.3, 0.4) is 0 Å². The predicted molar refractivity (Wildman–Crippen MR) is 130 cm³/mol. The quantitative estimate of drug-likeness (QED) is 0.330. The van der Waals surface area contributed by atoms with Gasteiger partial charge in [-0.15, -0.1) is 24.0 Å². The van der Waals surface area contributed by atoms with E-state index < -0.39 is 14.6 Å². The molecule has 2 rings (SSSR count). The van der Waals surface area contributed by atoms with Gasteiger partial charge in [0.25, 0.3) is 0 Å². The number of nitrogens with zero attached hydrogens (tertiary/aromatic N) is 3. The first-order valence-corrected chi connectivity index (χ1v) is 11.5. The Morgan fingerprint density at radius 1 is 1.23 bits per heavy atom. The Morgan fingerprint density at radius 3 is 2.37 bits per heavy atom. The first-order chi connectivity index (χ1) is 13.6. The van der Waals surface area contributed by atoms with E-state index >= 15 is 0 Å². The molecule has 30 heavy (non-hydrogen) atoms. The van der Waals surface area contributed by atoms with Gasteiger partial charge < -0.3 is 15.0 Å². The predicted octanol–water partition coefficient (Wildman–Crippen LogP) is 2.36. The largest absolute Gasteiger partial charge is 0.494 e. The fourth-order valence-electron chi connectivity index (χ4n) is 3.12. The summed E-state index contributed by atoms with van der Waals surface area (Å²) in [5.74, 6) is 0.683. The maximum Gasteiger partial charge on any atom is 0.193 e. The lowest BCUT2D eigenvalue weighted by Gasteiger charge is -2.36. The molecule has 1 N–H and O–H groups in total. The number of aliphatic imine (C=N–C) groups is 1. The van der Waals surface area contributed by atoms with Crippen molar-refractivity contribution in [3.63, 3.8) is 0 Å². The Balaban J connectivity index is 0.00000450. The minimum absolute atomic E-state index is 0. The molecule has 0 spiro atoms. The zero-order valence-corrected chi connectivity index (χ0v) is 21.6. The fourth-order valence-corrected chi connectivity index (χ4v) is 4.10. The van der Waals surface area contributed by atoms with Gasteiger partial charge in [0.1, 0.15) is 0 Å². The van der Waals surface area contributed by atoms with E-state index in [1.165, 1.54) is 13.2 Å². The van der Waals surface area contributed by atoms with Crippen molar-refractivity contribution in [1.29, 1.82) is 0 Å². The number of guanidine groups is 1. The van der Waals surface area contributed by atoms with E-state index in [1.54, 1.807) is 33.9 Å². The van der Waals surface area contributed by atoms with Gasteiger partial charge >= 0.3 is 0 Å². The van der Waals surface area contributed by atoms with Crippen LogP contribution < -0.4 is 10.1 Å². The summed E-state index contributed by atoms with van der Waals surface area (Å²) in [6.45, 7) is 9.31. The van der Waals surface area contributed by atoms with Crippen molar-refractivity contribution < 1.29 is 17.5 Å². The number of hydrogen-bond acceptors (Lipinski definition) is 5. The molecule has 0 saturated carbocycles. The van der Waals surface area contributed by atoms with Gasteiger partial charge in [-0.3, -0.25) is 9.89 Å². The van der Waals surface area contributed by atoms with Crippen molar-refractivity contribution in [3.8, 4) is 5.75 Å². The van der Waals surface area contributed by atoms with Gasteiger partial charge in [-0.2, -0.15) is 0 Å². The van der Waals surface area contributed by atoms with Crippen molar-refractivity contribution in [3.05, 3.63) is 29.6 Å². The maximum absolute atomic E-state index is 13.9. The molecular weight excluding hydrogens is 522 g/mol. The highest BCUT2D eigenvalue weighted by Gasteiger charge is 2.28. The minimum Gasteiger partial charge on any atom is -0.494 e. The number of sulfone groups is 1. The van der Waals surface area contributed by atoms with E-state index in [0.717, 1.165) is 31.7 Å². The van der Waals surface area contributed by atoms with E-state index in [1.807, 2.05) is 6.07 Å². The summed E-state index contributed by atoms with van der Waals surface area (Å²) in [7, 11) is -0.0115. The molecule has 0 aliphatic carbocycles. The van der Waals surface area contributed by atoms with Crippen LogP contribution >= 0.6 is 24.0 Å². The molecule has 1 saturated heterocycles. The summed E-state index contributed by atoms with van der Waals surface area (Å²) in [6.07, 6.45) is 0. The van der Waals surface area contributed by atoms with Gasteiger partial charge in [0, 0.05) is 46.3 Å². The smallest absolute Gasteiger partial charge is 0.193 e. The third-order valence-electron chi connectivity index (χ3n) is 5.09. The molecule has 0 amide bonds. The molecule has 1 fully saturated rings. The Morgan fingerprint density at radius 2 is 1.87 bits per heavy atom. The number of hydrogen-bond donors (Lipinski definition) is 1. The second-order valence-corrected chi connectivity index (χ2v) is 11.0. The number of methoxy groups -OCH3 is 1. The SMILES string of the molecule is CN=C(NCCS(=O)(=O)C(C)(C)C)N1CCN(Cc2ccc(OC)c(F)c2)CC1.I. The van der Waals surface area contributed by atoms with Crippen LogP contribution in [-0.4, -0.2) is 81.6 Å². The van der Waals surface area contributed by atoms with Gasteiger partial charge in [0.15, 0.2) is 27.4 Å².